The van der Waals surface area contributed by atoms with Crippen LogP contribution in [0.4, 0.5) is 0 Å². The zero-order chi connectivity index (χ0) is 8.97. The molecule has 72 valence electrons. The third-order valence-electron chi connectivity index (χ3n) is 2.35. The Morgan fingerprint density at radius 2 is 2.00 bits per heavy atom. The maximum Gasteiger partial charge on any atom is 0.169 e. The number of hydrogen-bond donors (Lipinski definition) is 1. The van der Waals surface area contributed by atoms with E-state index < -0.39 is 0 Å². The van der Waals surface area contributed by atoms with Crippen LogP contribution in [-0.4, -0.2) is 58.1 Å². The second-order valence-corrected chi connectivity index (χ2v) is 3.15. The molecule has 1 aliphatic heterocycles. The lowest BCUT2D eigenvalue weighted by Crippen LogP contribution is -2.57. The lowest BCUT2D eigenvalue weighted by Gasteiger charge is -2.36. The van der Waals surface area contributed by atoms with Crippen molar-refractivity contribution < 1.29 is 9.47 Å². The van der Waals surface area contributed by atoms with E-state index in [0.717, 1.165) is 19.6 Å². The fourth-order valence-corrected chi connectivity index (χ4v) is 1.21. The van der Waals surface area contributed by atoms with E-state index in [-0.39, 0.29) is 6.29 Å². The van der Waals surface area contributed by atoms with Gasteiger partial charge in [0.2, 0.25) is 0 Å². The molecule has 0 atom stereocenters. The van der Waals surface area contributed by atoms with Crippen LogP contribution in [0.3, 0.4) is 0 Å². The van der Waals surface area contributed by atoms with Crippen molar-refractivity contribution in [2.75, 3.05) is 40.9 Å². The van der Waals surface area contributed by atoms with Crippen molar-refractivity contribution >= 4 is 0 Å². The average Bonchev–Trinajstić information content (AvgIpc) is 1.96. The van der Waals surface area contributed by atoms with Crippen LogP contribution in [0.5, 0.6) is 0 Å². The average molecular weight is 174 g/mol. The van der Waals surface area contributed by atoms with Gasteiger partial charge in [0.25, 0.3) is 0 Å². The molecule has 1 fully saturated rings. The van der Waals surface area contributed by atoms with Gasteiger partial charge in [0.05, 0.1) is 0 Å². The Labute approximate surface area is 73.8 Å². The highest BCUT2D eigenvalue weighted by Crippen LogP contribution is 2.04. The molecule has 0 aromatic rings. The molecule has 1 N–H and O–H groups in total. The Balaban J connectivity index is 2.18. The molecule has 0 aliphatic carbocycles. The first-order chi connectivity index (χ1) is 5.77. The molecule has 4 heteroatoms. The molecule has 0 aromatic heterocycles. The Kier molecular flexibility index (Phi) is 3.94. The van der Waals surface area contributed by atoms with Gasteiger partial charge in [-0.05, 0) is 7.05 Å². The molecule has 1 saturated heterocycles. The SMILES string of the molecule is COC(CN(C)C1CNC1)OC. The zero-order valence-electron chi connectivity index (χ0n) is 8.04. The van der Waals surface area contributed by atoms with E-state index >= 15 is 0 Å². The molecular formula is C8H18N2O2. The predicted octanol–water partition coefficient (Wildman–Crippen LogP) is -0.491. The second kappa shape index (κ2) is 4.77. The maximum atomic E-state index is 5.10. The molecule has 12 heavy (non-hydrogen) atoms. The van der Waals surface area contributed by atoms with Crippen LogP contribution >= 0.6 is 0 Å². The second-order valence-electron chi connectivity index (χ2n) is 3.15. The standard InChI is InChI=1S/C8H18N2O2/c1-10(7-4-9-5-7)6-8(11-2)12-3/h7-9H,4-6H2,1-3H3. The number of likely N-dealkylation sites (N-methyl/N-ethyl adjacent to an activating group) is 1. The van der Waals surface area contributed by atoms with Crippen molar-refractivity contribution in [1.82, 2.24) is 10.2 Å². The molecule has 1 rings (SSSR count). The molecule has 0 radical (unpaired) electrons. The molecule has 0 unspecified atom stereocenters. The molecule has 1 heterocycles. The molecule has 0 amide bonds. The summed E-state index contributed by atoms with van der Waals surface area (Å²) in [5.41, 5.74) is 0. The normalized spacial score (nSPS) is 18.8. The monoisotopic (exact) mass is 174 g/mol. The first kappa shape index (κ1) is 9.92. The number of hydrogen-bond acceptors (Lipinski definition) is 4. The fourth-order valence-electron chi connectivity index (χ4n) is 1.21. The van der Waals surface area contributed by atoms with Crippen molar-refractivity contribution in [2.45, 2.75) is 12.3 Å². The molecule has 0 spiro atoms. The fraction of sp³-hybridized carbons (Fsp3) is 1.00. The van der Waals surface area contributed by atoms with Crippen LogP contribution in [0.25, 0.3) is 0 Å². The van der Waals surface area contributed by atoms with Gasteiger partial charge in [-0.1, -0.05) is 0 Å². The van der Waals surface area contributed by atoms with Gasteiger partial charge in [-0.3, -0.25) is 4.90 Å². The number of rotatable bonds is 5. The quantitative estimate of drug-likeness (QED) is 0.570. The van der Waals surface area contributed by atoms with Gasteiger partial charge < -0.3 is 14.8 Å². The summed E-state index contributed by atoms with van der Waals surface area (Å²) in [4.78, 5) is 2.26. The van der Waals surface area contributed by atoms with Crippen molar-refractivity contribution in [3.8, 4) is 0 Å². The third kappa shape index (κ3) is 2.42. The smallest absolute Gasteiger partial charge is 0.169 e. The predicted molar refractivity (Wildman–Crippen MR) is 47.1 cm³/mol. The molecule has 0 aromatic carbocycles. The van der Waals surface area contributed by atoms with Gasteiger partial charge in [-0.25, -0.2) is 0 Å². The first-order valence-electron chi connectivity index (χ1n) is 4.24. The van der Waals surface area contributed by atoms with Gasteiger partial charge in [0, 0.05) is 39.9 Å². The Morgan fingerprint density at radius 3 is 2.33 bits per heavy atom. The number of nitrogens with one attached hydrogen (secondary N) is 1. The van der Waals surface area contributed by atoms with Crippen molar-refractivity contribution in [2.24, 2.45) is 0 Å². The summed E-state index contributed by atoms with van der Waals surface area (Å²) in [5, 5.41) is 3.23. The number of nitrogens with zero attached hydrogens (tertiary/aromatic N) is 1. The van der Waals surface area contributed by atoms with E-state index in [2.05, 4.69) is 17.3 Å². The summed E-state index contributed by atoms with van der Waals surface area (Å²) < 4.78 is 10.2. The van der Waals surface area contributed by atoms with Crippen LogP contribution in [0.15, 0.2) is 0 Å². The van der Waals surface area contributed by atoms with Crippen molar-refractivity contribution in [3.63, 3.8) is 0 Å². The Morgan fingerprint density at radius 1 is 1.42 bits per heavy atom. The number of ether oxygens (including phenoxy) is 2. The third-order valence-corrected chi connectivity index (χ3v) is 2.35. The van der Waals surface area contributed by atoms with E-state index in [1.54, 1.807) is 14.2 Å². The van der Waals surface area contributed by atoms with Crippen LogP contribution in [0, 0.1) is 0 Å². The van der Waals surface area contributed by atoms with Gasteiger partial charge in [-0.2, -0.15) is 0 Å². The Bertz CT molecular complexity index is 124. The molecule has 0 saturated carbocycles. The lowest BCUT2D eigenvalue weighted by atomic mass is 10.1. The zero-order valence-corrected chi connectivity index (χ0v) is 8.04. The van der Waals surface area contributed by atoms with E-state index in [4.69, 9.17) is 9.47 Å². The summed E-state index contributed by atoms with van der Waals surface area (Å²) in [7, 11) is 5.43. The van der Waals surface area contributed by atoms with E-state index in [9.17, 15) is 0 Å². The summed E-state index contributed by atoms with van der Waals surface area (Å²) in [6.45, 7) is 2.99. The summed E-state index contributed by atoms with van der Waals surface area (Å²) in [6.07, 6.45) is -0.101. The van der Waals surface area contributed by atoms with Crippen LogP contribution in [-0.2, 0) is 9.47 Å². The highest BCUT2D eigenvalue weighted by atomic mass is 16.7. The van der Waals surface area contributed by atoms with Crippen LogP contribution in [0.1, 0.15) is 0 Å². The molecule has 1 aliphatic rings. The minimum Gasteiger partial charge on any atom is -0.355 e. The maximum absolute atomic E-state index is 5.10. The minimum absolute atomic E-state index is 0.101. The van der Waals surface area contributed by atoms with Gasteiger partial charge in [-0.15, -0.1) is 0 Å². The van der Waals surface area contributed by atoms with Gasteiger partial charge in [0.15, 0.2) is 6.29 Å². The van der Waals surface area contributed by atoms with E-state index in [0.29, 0.717) is 6.04 Å². The van der Waals surface area contributed by atoms with Gasteiger partial charge in [0.1, 0.15) is 0 Å². The highest BCUT2D eigenvalue weighted by Gasteiger charge is 2.23. The topological polar surface area (TPSA) is 33.7 Å². The minimum atomic E-state index is -0.101. The van der Waals surface area contributed by atoms with Crippen LogP contribution < -0.4 is 5.32 Å². The molecule has 0 bridgehead atoms. The Hall–Kier alpha value is -0.160. The van der Waals surface area contributed by atoms with E-state index in [1.807, 2.05) is 0 Å². The van der Waals surface area contributed by atoms with E-state index in [1.165, 1.54) is 0 Å². The van der Waals surface area contributed by atoms with Crippen molar-refractivity contribution in [3.05, 3.63) is 0 Å². The van der Waals surface area contributed by atoms with Gasteiger partial charge >= 0.3 is 0 Å². The first-order valence-corrected chi connectivity index (χ1v) is 4.24. The summed E-state index contributed by atoms with van der Waals surface area (Å²) >= 11 is 0. The highest BCUT2D eigenvalue weighted by molar-refractivity contribution is 4.82. The molecular weight excluding hydrogens is 156 g/mol. The number of methoxy groups -OCH3 is 2. The largest absolute Gasteiger partial charge is 0.355 e. The summed E-state index contributed by atoms with van der Waals surface area (Å²) in [5.74, 6) is 0. The molecule has 4 nitrogen and oxygen atoms in total. The van der Waals surface area contributed by atoms with Crippen molar-refractivity contribution in [1.29, 1.82) is 0 Å². The van der Waals surface area contributed by atoms with Crippen LogP contribution in [0.2, 0.25) is 0 Å². The summed E-state index contributed by atoms with van der Waals surface area (Å²) in [6, 6.07) is 0.651. The lowest BCUT2D eigenvalue weighted by molar-refractivity contribution is -0.119.